The Morgan fingerprint density at radius 2 is 2.04 bits per heavy atom. The third-order valence-corrected chi connectivity index (χ3v) is 5.52. The summed E-state index contributed by atoms with van der Waals surface area (Å²) in [6.07, 6.45) is 2.12. The summed E-state index contributed by atoms with van der Waals surface area (Å²) in [4.78, 5) is 15.6. The Kier molecular flexibility index (Phi) is 5.01. The standard InChI is InChI=1S/C20H16ClNO4S/c21-14-10-12(11-16-19(14)26-8-7-25-16)9-13(5-6-18(23)24)20-22-15-3-1-2-4-17(15)27-20/h1-4,9-11H,5-8H2,(H,23,24)/p-1/b13-9+. The Labute approximate surface area is 164 Å². The molecule has 5 nitrogen and oxygen atoms in total. The maximum atomic E-state index is 11.0. The summed E-state index contributed by atoms with van der Waals surface area (Å²) in [6, 6.07) is 11.4. The average molecular weight is 401 g/mol. The number of carbonyl (C=O) groups excluding carboxylic acids is 1. The summed E-state index contributed by atoms with van der Waals surface area (Å²) in [7, 11) is 0. The molecule has 0 N–H and O–H groups in total. The van der Waals surface area contributed by atoms with E-state index >= 15 is 0 Å². The molecule has 0 radical (unpaired) electrons. The number of halogens is 1. The molecule has 0 unspecified atom stereocenters. The number of nitrogens with zero attached hydrogens (tertiary/aromatic N) is 1. The number of fused-ring (bicyclic) bond motifs is 2. The van der Waals surface area contributed by atoms with E-state index in [0.29, 0.717) is 36.2 Å². The molecule has 2 heterocycles. The highest BCUT2D eigenvalue weighted by Crippen LogP contribution is 2.40. The van der Waals surface area contributed by atoms with Crippen LogP contribution in [-0.4, -0.2) is 24.2 Å². The smallest absolute Gasteiger partial charge is 0.179 e. The molecule has 7 heteroatoms. The number of ether oxygens (including phenoxy) is 2. The average Bonchev–Trinajstić information content (AvgIpc) is 3.09. The second-order valence-electron chi connectivity index (χ2n) is 6.06. The number of thiazole rings is 1. The number of carbonyl (C=O) groups is 1. The summed E-state index contributed by atoms with van der Waals surface area (Å²) in [5.74, 6) is 0.0297. The van der Waals surface area contributed by atoms with Gasteiger partial charge in [-0.05, 0) is 54.3 Å². The van der Waals surface area contributed by atoms with E-state index in [1.165, 1.54) is 11.3 Å². The molecular formula is C20H15ClNO4S-. The van der Waals surface area contributed by atoms with Gasteiger partial charge in [-0.1, -0.05) is 23.7 Å². The second kappa shape index (κ2) is 7.58. The van der Waals surface area contributed by atoms with Crippen LogP contribution in [-0.2, 0) is 4.79 Å². The van der Waals surface area contributed by atoms with Crippen LogP contribution in [0.25, 0.3) is 21.9 Å². The zero-order chi connectivity index (χ0) is 18.8. The number of allylic oxidation sites excluding steroid dienone is 1. The van der Waals surface area contributed by atoms with E-state index in [-0.39, 0.29) is 6.42 Å². The molecule has 0 saturated heterocycles. The number of carboxylic acids is 1. The Hall–Kier alpha value is -2.57. The SMILES string of the molecule is O=C([O-])CC/C(=C\c1cc(Cl)c2c(c1)OCCO2)c1nc2ccccc2s1. The molecule has 138 valence electrons. The van der Waals surface area contributed by atoms with Crippen molar-refractivity contribution in [2.75, 3.05) is 13.2 Å². The highest BCUT2D eigenvalue weighted by molar-refractivity contribution is 7.19. The molecule has 0 amide bonds. The maximum absolute atomic E-state index is 11.0. The molecule has 0 saturated carbocycles. The molecule has 0 fully saturated rings. The molecule has 0 aliphatic carbocycles. The quantitative estimate of drug-likeness (QED) is 0.651. The number of hydrogen-bond acceptors (Lipinski definition) is 6. The van der Waals surface area contributed by atoms with Crippen LogP contribution in [0, 0.1) is 0 Å². The zero-order valence-electron chi connectivity index (χ0n) is 14.2. The topological polar surface area (TPSA) is 71.5 Å². The Morgan fingerprint density at radius 3 is 2.85 bits per heavy atom. The molecule has 0 spiro atoms. The van der Waals surface area contributed by atoms with Crippen molar-refractivity contribution in [2.24, 2.45) is 0 Å². The number of carboxylic acid groups (broad SMARTS) is 1. The number of rotatable bonds is 5. The number of aromatic nitrogens is 1. The van der Waals surface area contributed by atoms with Crippen molar-refractivity contribution in [1.82, 2.24) is 4.98 Å². The van der Waals surface area contributed by atoms with Crippen molar-refractivity contribution in [3.63, 3.8) is 0 Å². The normalized spacial score (nSPS) is 13.7. The fourth-order valence-electron chi connectivity index (χ4n) is 2.90. The van der Waals surface area contributed by atoms with Gasteiger partial charge in [0, 0.05) is 5.97 Å². The fourth-order valence-corrected chi connectivity index (χ4v) is 4.19. The fraction of sp³-hybridized carbons (Fsp3) is 0.200. The van der Waals surface area contributed by atoms with Crippen LogP contribution >= 0.6 is 22.9 Å². The largest absolute Gasteiger partial charge is 0.550 e. The van der Waals surface area contributed by atoms with Gasteiger partial charge in [-0.2, -0.15) is 0 Å². The second-order valence-corrected chi connectivity index (χ2v) is 7.49. The van der Waals surface area contributed by atoms with Crippen molar-refractivity contribution in [2.45, 2.75) is 12.8 Å². The monoisotopic (exact) mass is 400 g/mol. The first-order valence-electron chi connectivity index (χ1n) is 8.45. The van der Waals surface area contributed by atoms with Crippen molar-refractivity contribution in [3.05, 3.63) is 52.0 Å². The Balaban J connectivity index is 1.76. The van der Waals surface area contributed by atoms with Gasteiger partial charge in [0.05, 0.1) is 15.2 Å². The van der Waals surface area contributed by atoms with Gasteiger partial charge in [-0.15, -0.1) is 11.3 Å². The molecule has 0 atom stereocenters. The van der Waals surface area contributed by atoms with Crippen LogP contribution in [0.5, 0.6) is 11.5 Å². The van der Waals surface area contributed by atoms with Crippen LogP contribution in [0.15, 0.2) is 36.4 Å². The lowest BCUT2D eigenvalue weighted by atomic mass is 10.1. The Morgan fingerprint density at radius 1 is 1.22 bits per heavy atom. The lowest BCUT2D eigenvalue weighted by Gasteiger charge is -2.20. The number of aliphatic carboxylic acids is 1. The van der Waals surface area contributed by atoms with Crippen LogP contribution in [0.1, 0.15) is 23.4 Å². The first kappa shape index (κ1) is 17.8. The maximum Gasteiger partial charge on any atom is 0.179 e. The van der Waals surface area contributed by atoms with Crippen LogP contribution in [0.3, 0.4) is 0 Å². The van der Waals surface area contributed by atoms with Gasteiger partial charge in [0.25, 0.3) is 0 Å². The van der Waals surface area contributed by atoms with Crippen molar-refractivity contribution in [1.29, 1.82) is 0 Å². The molecule has 1 aromatic heterocycles. The highest BCUT2D eigenvalue weighted by atomic mass is 35.5. The van der Waals surface area contributed by atoms with E-state index in [9.17, 15) is 9.90 Å². The highest BCUT2D eigenvalue weighted by Gasteiger charge is 2.17. The molecule has 0 bridgehead atoms. The van der Waals surface area contributed by atoms with E-state index < -0.39 is 5.97 Å². The number of para-hydroxylation sites is 1. The van der Waals surface area contributed by atoms with E-state index in [1.54, 1.807) is 6.07 Å². The minimum Gasteiger partial charge on any atom is -0.550 e. The van der Waals surface area contributed by atoms with Crippen LogP contribution in [0.4, 0.5) is 0 Å². The number of benzene rings is 2. The molecule has 27 heavy (non-hydrogen) atoms. The van der Waals surface area contributed by atoms with E-state index in [0.717, 1.165) is 26.4 Å². The third kappa shape index (κ3) is 3.91. The minimum absolute atomic E-state index is 0.0833. The van der Waals surface area contributed by atoms with Crippen molar-refractivity contribution in [3.8, 4) is 11.5 Å². The van der Waals surface area contributed by atoms with Crippen molar-refractivity contribution < 1.29 is 19.4 Å². The Bertz CT molecular complexity index is 1010. The van der Waals surface area contributed by atoms with E-state index in [1.807, 2.05) is 36.4 Å². The molecule has 4 rings (SSSR count). The summed E-state index contributed by atoms with van der Waals surface area (Å²) in [6.45, 7) is 0.927. The van der Waals surface area contributed by atoms with Gasteiger partial charge in [-0.3, -0.25) is 0 Å². The summed E-state index contributed by atoms with van der Waals surface area (Å²) in [5, 5.41) is 12.2. The van der Waals surface area contributed by atoms with Crippen molar-refractivity contribution >= 4 is 50.8 Å². The third-order valence-electron chi connectivity index (χ3n) is 4.13. The molecule has 1 aliphatic heterocycles. The predicted octanol–water partition coefficient (Wildman–Crippen LogP) is 3.79. The van der Waals surface area contributed by atoms with E-state index in [4.69, 9.17) is 21.1 Å². The summed E-state index contributed by atoms with van der Waals surface area (Å²) < 4.78 is 12.2. The summed E-state index contributed by atoms with van der Waals surface area (Å²) in [5.41, 5.74) is 2.50. The first-order chi connectivity index (χ1) is 13.1. The molecule has 1 aliphatic rings. The predicted molar refractivity (Wildman–Crippen MR) is 104 cm³/mol. The minimum atomic E-state index is -1.10. The van der Waals surface area contributed by atoms with Gasteiger partial charge in [0.15, 0.2) is 11.5 Å². The summed E-state index contributed by atoms with van der Waals surface area (Å²) >= 11 is 7.84. The van der Waals surface area contributed by atoms with Gasteiger partial charge in [0.2, 0.25) is 0 Å². The van der Waals surface area contributed by atoms with Crippen LogP contribution < -0.4 is 14.6 Å². The van der Waals surface area contributed by atoms with Gasteiger partial charge in [-0.25, -0.2) is 4.98 Å². The zero-order valence-corrected chi connectivity index (χ0v) is 15.8. The lowest BCUT2D eigenvalue weighted by Crippen LogP contribution is -2.21. The first-order valence-corrected chi connectivity index (χ1v) is 9.65. The molecule has 3 aromatic rings. The van der Waals surface area contributed by atoms with E-state index in [2.05, 4.69) is 4.98 Å². The van der Waals surface area contributed by atoms with Gasteiger partial charge >= 0.3 is 0 Å². The molecular weight excluding hydrogens is 386 g/mol. The van der Waals surface area contributed by atoms with Gasteiger partial charge < -0.3 is 19.4 Å². The number of hydrogen-bond donors (Lipinski definition) is 0. The van der Waals surface area contributed by atoms with Gasteiger partial charge in [0.1, 0.15) is 18.2 Å². The lowest BCUT2D eigenvalue weighted by molar-refractivity contribution is -0.305. The van der Waals surface area contributed by atoms with Crippen LogP contribution in [0.2, 0.25) is 5.02 Å². The molecule has 2 aromatic carbocycles.